The highest BCUT2D eigenvalue weighted by molar-refractivity contribution is 5.75. The van der Waals surface area contributed by atoms with Gasteiger partial charge in [-0.1, -0.05) is 30.3 Å². The molecule has 5 atom stereocenters. The van der Waals surface area contributed by atoms with Crippen molar-refractivity contribution in [3.05, 3.63) is 62.4 Å². The fourth-order valence-electron chi connectivity index (χ4n) is 4.04. The minimum atomic E-state index is -1.34. The average Bonchev–Trinajstić information content (AvgIpc) is 3.17. The molecule has 0 radical (unpaired) electrons. The van der Waals surface area contributed by atoms with Crippen LogP contribution in [0.4, 0.5) is 0 Å². The van der Waals surface area contributed by atoms with E-state index < -0.39 is 59.7 Å². The number of hydrogen-bond acceptors (Lipinski definition) is 10. The zero-order valence-electron chi connectivity index (χ0n) is 21.0. The van der Waals surface area contributed by atoms with E-state index in [1.807, 2.05) is 30.3 Å². The topological polar surface area (TPSA) is 168 Å². The van der Waals surface area contributed by atoms with Crippen molar-refractivity contribution in [1.29, 1.82) is 0 Å². The fourth-order valence-corrected chi connectivity index (χ4v) is 4.04. The third-order valence-corrected chi connectivity index (χ3v) is 5.55. The quantitative estimate of drug-likeness (QED) is 0.412. The van der Waals surface area contributed by atoms with Crippen LogP contribution in [0.25, 0.3) is 0 Å². The molecular weight excluding hydrogens is 488 g/mol. The number of ether oxygens (including phenoxy) is 4. The Bertz CT molecular complexity index is 1230. The Kier molecular flexibility index (Phi) is 9.31. The van der Waals surface area contributed by atoms with Gasteiger partial charge >= 0.3 is 17.6 Å². The van der Waals surface area contributed by atoms with Crippen LogP contribution in [-0.2, 0) is 39.9 Å². The van der Waals surface area contributed by atoms with Crippen molar-refractivity contribution in [2.45, 2.75) is 71.3 Å². The zero-order valence-corrected chi connectivity index (χ0v) is 21.0. The highest BCUT2D eigenvalue weighted by Gasteiger charge is 2.53. The van der Waals surface area contributed by atoms with E-state index in [0.29, 0.717) is 0 Å². The van der Waals surface area contributed by atoms with E-state index in [9.17, 15) is 24.0 Å². The summed E-state index contributed by atoms with van der Waals surface area (Å²) in [5.41, 5.74) is -0.820. The summed E-state index contributed by atoms with van der Waals surface area (Å²) in [6, 6.07) is 8.16. The maximum absolute atomic E-state index is 12.7. The van der Waals surface area contributed by atoms with Gasteiger partial charge in [-0.2, -0.15) is 9.78 Å². The molecule has 1 amide bonds. The molecule has 1 unspecified atom stereocenters. The van der Waals surface area contributed by atoms with Crippen LogP contribution in [0, 0.1) is 6.92 Å². The molecule has 0 saturated carbocycles. The molecule has 1 saturated heterocycles. The lowest BCUT2D eigenvalue weighted by Crippen LogP contribution is -2.50. The SMILES string of the molecule is CCOC(=O)CC(NC(C)=O)[C@@H]1O[C@H](n2nc(C)c(=O)[nH]c2=O)[C@H](OC(C)=O)[C@H]1OCc1ccccc1. The lowest BCUT2D eigenvalue weighted by atomic mass is 10.00. The van der Waals surface area contributed by atoms with Gasteiger partial charge in [-0.25, -0.2) is 4.79 Å². The second-order valence-electron chi connectivity index (χ2n) is 8.43. The molecule has 1 aliphatic heterocycles. The van der Waals surface area contributed by atoms with Crippen LogP contribution in [-0.4, -0.2) is 63.6 Å². The van der Waals surface area contributed by atoms with Gasteiger partial charge in [-0.05, 0) is 19.4 Å². The van der Waals surface area contributed by atoms with Gasteiger partial charge in [0.15, 0.2) is 12.3 Å². The summed E-state index contributed by atoms with van der Waals surface area (Å²) < 4.78 is 23.7. The van der Waals surface area contributed by atoms with Crippen LogP contribution in [0.5, 0.6) is 0 Å². The number of H-pyrrole nitrogens is 1. The summed E-state index contributed by atoms with van der Waals surface area (Å²) in [6.07, 6.45) is -4.97. The van der Waals surface area contributed by atoms with Crippen molar-refractivity contribution < 1.29 is 33.3 Å². The van der Waals surface area contributed by atoms with E-state index >= 15 is 0 Å². The number of aromatic nitrogens is 3. The van der Waals surface area contributed by atoms with Crippen molar-refractivity contribution in [3.63, 3.8) is 0 Å². The Morgan fingerprint density at radius 3 is 2.49 bits per heavy atom. The summed E-state index contributed by atoms with van der Waals surface area (Å²) in [6.45, 7) is 5.68. The first-order chi connectivity index (χ1) is 17.6. The molecule has 2 N–H and O–H groups in total. The predicted molar refractivity (Wildman–Crippen MR) is 127 cm³/mol. The Labute approximate surface area is 212 Å². The molecule has 37 heavy (non-hydrogen) atoms. The third kappa shape index (κ3) is 7.11. The van der Waals surface area contributed by atoms with Gasteiger partial charge < -0.3 is 24.3 Å². The minimum Gasteiger partial charge on any atom is -0.466 e. The summed E-state index contributed by atoms with van der Waals surface area (Å²) in [5, 5.41) is 6.69. The monoisotopic (exact) mass is 518 g/mol. The molecule has 13 nitrogen and oxygen atoms in total. The molecule has 1 aliphatic rings. The molecule has 2 heterocycles. The van der Waals surface area contributed by atoms with E-state index in [1.54, 1.807) is 6.92 Å². The number of aromatic amines is 1. The van der Waals surface area contributed by atoms with Crippen LogP contribution < -0.4 is 16.6 Å². The molecule has 200 valence electrons. The van der Waals surface area contributed by atoms with Gasteiger partial charge in [-0.3, -0.25) is 24.2 Å². The van der Waals surface area contributed by atoms with Gasteiger partial charge in [0.25, 0.3) is 5.56 Å². The normalized spacial score (nSPS) is 21.7. The number of amides is 1. The first kappa shape index (κ1) is 27.7. The summed E-state index contributed by atoms with van der Waals surface area (Å²) in [4.78, 5) is 63.1. The van der Waals surface area contributed by atoms with Gasteiger partial charge in [0.2, 0.25) is 5.91 Å². The number of nitrogens with one attached hydrogen (secondary N) is 2. The second kappa shape index (κ2) is 12.4. The van der Waals surface area contributed by atoms with Crippen LogP contribution in [0.1, 0.15) is 44.7 Å². The molecule has 0 bridgehead atoms. The van der Waals surface area contributed by atoms with Crippen molar-refractivity contribution >= 4 is 17.8 Å². The standard InChI is InChI=1S/C24H30N4O9/c1-5-34-18(31)11-17(25-14(3)29)19-20(35-12-16-9-7-6-8-10-16)21(36-15(4)30)23(37-19)28-24(33)26-22(32)13(2)27-28/h6-10,17,19-21,23H,5,11-12H2,1-4H3,(H,25,29)(H,26,32,33)/t17?,19-,20-,21+,23-/m0/s1. The molecule has 2 aromatic rings. The average molecular weight is 519 g/mol. The van der Waals surface area contributed by atoms with Crippen LogP contribution in [0.2, 0.25) is 0 Å². The van der Waals surface area contributed by atoms with Crippen molar-refractivity contribution in [2.24, 2.45) is 0 Å². The first-order valence-corrected chi connectivity index (χ1v) is 11.7. The molecule has 13 heteroatoms. The predicted octanol–water partition coefficient (Wildman–Crippen LogP) is 0.112. The highest BCUT2D eigenvalue weighted by atomic mass is 16.6. The van der Waals surface area contributed by atoms with Crippen molar-refractivity contribution in [2.75, 3.05) is 6.61 Å². The molecule has 1 aromatic carbocycles. The van der Waals surface area contributed by atoms with E-state index in [-0.39, 0.29) is 25.3 Å². The number of carbonyl (C=O) groups excluding carboxylic acids is 3. The number of carbonyl (C=O) groups is 3. The van der Waals surface area contributed by atoms with Crippen molar-refractivity contribution in [1.82, 2.24) is 20.1 Å². The van der Waals surface area contributed by atoms with Gasteiger partial charge in [-0.15, -0.1) is 0 Å². The number of rotatable bonds is 10. The smallest absolute Gasteiger partial charge is 0.347 e. The molecular formula is C24H30N4O9. The maximum atomic E-state index is 12.7. The van der Waals surface area contributed by atoms with Gasteiger partial charge in [0.05, 0.1) is 25.7 Å². The van der Waals surface area contributed by atoms with Crippen molar-refractivity contribution in [3.8, 4) is 0 Å². The van der Waals surface area contributed by atoms with E-state index in [0.717, 1.165) is 10.2 Å². The second-order valence-corrected chi connectivity index (χ2v) is 8.43. The number of benzene rings is 1. The minimum absolute atomic E-state index is 0.0279. The van der Waals surface area contributed by atoms with E-state index in [1.165, 1.54) is 20.8 Å². The zero-order chi connectivity index (χ0) is 27.1. The Morgan fingerprint density at radius 1 is 1.16 bits per heavy atom. The third-order valence-electron chi connectivity index (χ3n) is 5.55. The lowest BCUT2D eigenvalue weighted by Gasteiger charge is -2.29. The summed E-state index contributed by atoms with van der Waals surface area (Å²) in [5.74, 6) is -1.75. The van der Waals surface area contributed by atoms with Crippen LogP contribution in [0.15, 0.2) is 39.9 Å². The lowest BCUT2D eigenvalue weighted by molar-refractivity contribution is -0.159. The first-order valence-electron chi connectivity index (χ1n) is 11.7. The molecule has 1 aromatic heterocycles. The number of nitrogens with zero attached hydrogens (tertiary/aromatic N) is 2. The molecule has 1 fully saturated rings. The summed E-state index contributed by atoms with van der Waals surface area (Å²) in [7, 11) is 0. The summed E-state index contributed by atoms with van der Waals surface area (Å²) >= 11 is 0. The van der Waals surface area contributed by atoms with Gasteiger partial charge in [0, 0.05) is 13.8 Å². The maximum Gasteiger partial charge on any atom is 0.347 e. The molecule has 0 aliphatic carbocycles. The fraction of sp³-hybridized carbons (Fsp3) is 0.500. The molecule has 3 rings (SSSR count). The molecule has 0 spiro atoms. The highest BCUT2D eigenvalue weighted by Crippen LogP contribution is 2.35. The van der Waals surface area contributed by atoms with E-state index in [4.69, 9.17) is 18.9 Å². The van der Waals surface area contributed by atoms with Gasteiger partial charge in [0.1, 0.15) is 17.9 Å². The Morgan fingerprint density at radius 2 is 1.86 bits per heavy atom. The number of hydrogen-bond donors (Lipinski definition) is 2. The largest absolute Gasteiger partial charge is 0.466 e. The number of aryl methyl sites for hydroxylation is 1. The Balaban J connectivity index is 2.06. The van der Waals surface area contributed by atoms with Crippen LogP contribution in [0.3, 0.4) is 0 Å². The van der Waals surface area contributed by atoms with Crippen LogP contribution >= 0.6 is 0 Å². The number of esters is 2. The van der Waals surface area contributed by atoms with E-state index in [2.05, 4.69) is 15.4 Å². The Hall–Kier alpha value is -3.84.